The van der Waals surface area contributed by atoms with Gasteiger partial charge in [-0.2, -0.15) is 0 Å². The lowest BCUT2D eigenvalue weighted by molar-refractivity contribution is -0.124. The van der Waals surface area contributed by atoms with Gasteiger partial charge >= 0.3 is 0 Å². The number of amides is 1. The third kappa shape index (κ3) is 3.19. The summed E-state index contributed by atoms with van der Waals surface area (Å²) < 4.78 is 5.39. The average Bonchev–Trinajstić information content (AvgIpc) is 2.89. The Morgan fingerprint density at radius 3 is 3.06 bits per heavy atom. The Hall–Kier alpha value is -0.610. The molecule has 0 aliphatic carbocycles. The minimum Gasteiger partial charge on any atom is -0.378 e. The molecule has 2 heterocycles. The van der Waals surface area contributed by atoms with Crippen LogP contribution in [0.5, 0.6) is 0 Å². The van der Waals surface area contributed by atoms with Gasteiger partial charge in [0.05, 0.1) is 18.6 Å². The van der Waals surface area contributed by atoms with Crippen LogP contribution in [0.1, 0.15) is 32.6 Å². The first kappa shape index (κ1) is 11.9. The summed E-state index contributed by atoms with van der Waals surface area (Å²) in [5.41, 5.74) is 0. The van der Waals surface area contributed by atoms with Crippen molar-refractivity contribution >= 4 is 5.91 Å². The number of carbonyl (C=O) groups excluding carboxylic acids is 1. The van der Waals surface area contributed by atoms with Crippen molar-refractivity contribution in [1.82, 2.24) is 10.6 Å². The Labute approximate surface area is 97.1 Å². The molecule has 4 nitrogen and oxygen atoms in total. The summed E-state index contributed by atoms with van der Waals surface area (Å²) in [5.74, 6) is 0.244. The van der Waals surface area contributed by atoms with Gasteiger partial charge in [-0.05, 0) is 39.2 Å². The highest BCUT2D eigenvalue weighted by atomic mass is 16.5. The molecule has 3 atom stereocenters. The third-order valence-corrected chi connectivity index (χ3v) is 3.52. The minimum atomic E-state index is 0.0755. The van der Waals surface area contributed by atoms with Crippen LogP contribution in [0.25, 0.3) is 0 Å². The van der Waals surface area contributed by atoms with Gasteiger partial charge in [0.15, 0.2) is 0 Å². The maximum atomic E-state index is 11.8. The van der Waals surface area contributed by atoms with Gasteiger partial charge in [-0.3, -0.25) is 4.79 Å². The summed E-state index contributed by atoms with van der Waals surface area (Å²) in [5, 5.41) is 6.44. The molecule has 0 radical (unpaired) electrons. The zero-order valence-corrected chi connectivity index (χ0v) is 10.00. The van der Waals surface area contributed by atoms with Gasteiger partial charge in [0.1, 0.15) is 0 Å². The number of ether oxygens (including phenoxy) is 1. The van der Waals surface area contributed by atoms with Gasteiger partial charge in [0.2, 0.25) is 5.91 Å². The largest absolute Gasteiger partial charge is 0.378 e. The van der Waals surface area contributed by atoms with Crippen molar-refractivity contribution in [1.29, 1.82) is 0 Å². The van der Waals surface area contributed by atoms with Gasteiger partial charge in [-0.1, -0.05) is 0 Å². The van der Waals surface area contributed by atoms with E-state index in [-0.39, 0.29) is 17.9 Å². The van der Waals surface area contributed by atoms with Crippen LogP contribution in [0.4, 0.5) is 0 Å². The lowest BCUT2D eigenvalue weighted by Gasteiger charge is -2.12. The van der Waals surface area contributed by atoms with Gasteiger partial charge < -0.3 is 15.4 Å². The summed E-state index contributed by atoms with van der Waals surface area (Å²) in [6.45, 7) is 4.54. The maximum Gasteiger partial charge on any atom is 0.225 e. The van der Waals surface area contributed by atoms with Crippen molar-refractivity contribution in [2.45, 2.75) is 44.8 Å². The molecule has 0 aromatic rings. The Morgan fingerprint density at radius 2 is 2.44 bits per heavy atom. The van der Waals surface area contributed by atoms with Crippen LogP contribution in [-0.4, -0.2) is 37.7 Å². The van der Waals surface area contributed by atoms with E-state index in [2.05, 4.69) is 10.6 Å². The second-order valence-corrected chi connectivity index (χ2v) is 4.95. The summed E-state index contributed by atoms with van der Waals surface area (Å²) in [6.07, 6.45) is 4.68. The molecule has 92 valence electrons. The van der Waals surface area contributed by atoms with Crippen LogP contribution in [0, 0.1) is 5.92 Å². The fraction of sp³-hybridized carbons (Fsp3) is 0.917. The molecule has 0 spiro atoms. The van der Waals surface area contributed by atoms with E-state index in [1.54, 1.807) is 0 Å². The third-order valence-electron chi connectivity index (χ3n) is 3.52. The van der Waals surface area contributed by atoms with Crippen LogP contribution in [0.3, 0.4) is 0 Å². The molecule has 2 fully saturated rings. The Kier molecular flexibility index (Phi) is 4.18. The summed E-state index contributed by atoms with van der Waals surface area (Å²) in [7, 11) is 0. The summed E-state index contributed by atoms with van der Waals surface area (Å²) in [4.78, 5) is 11.8. The maximum absolute atomic E-state index is 11.8. The molecular formula is C12H22N2O2. The van der Waals surface area contributed by atoms with E-state index in [0.717, 1.165) is 25.9 Å². The summed E-state index contributed by atoms with van der Waals surface area (Å²) >= 11 is 0. The first-order valence-corrected chi connectivity index (χ1v) is 6.38. The number of nitrogens with one attached hydrogen (secondary N) is 2. The Bertz CT molecular complexity index is 239. The van der Waals surface area contributed by atoms with Crippen LogP contribution in [0.15, 0.2) is 0 Å². The van der Waals surface area contributed by atoms with Crippen molar-refractivity contribution in [2.75, 3.05) is 19.7 Å². The monoisotopic (exact) mass is 226 g/mol. The number of hydrogen-bond acceptors (Lipinski definition) is 3. The SMILES string of the molecule is CC1CC(C(=O)NCC[C@@H]2CCCN2)CO1. The normalized spacial score (nSPS) is 34.2. The average molecular weight is 226 g/mol. The van der Waals surface area contributed by atoms with Gasteiger partial charge in [0.25, 0.3) is 0 Å². The Balaban J connectivity index is 1.60. The highest BCUT2D eigenvalue weighted by molar-refractivity contribution is 5.79. The van der Waals surface area contributed by atoms with E-state index < -0.39 is 0 Å². The zero-order valence-electron chi connectivity index (χ0n) is 10.00. The lowest BCUT2D eigenvalue weighted by Crippen LogP contribution is -2.34. The highest BCUT2D eigenvalue weighted by Gasteiger charge is 2.28. The van der Waals surface area contributed by atoms with Crippen molar-refractivity contribution < 1.29 is 9.53 Å². The second-order valence-electron chi connectivity index (χ2n) is 4.95. The van der Waals surface area contributed by atoms with E-state index in [1.165, 1.54) is 12.8 Å². The van der Waals surface area contributed by atoms with Crippen LogP contribution < -0.4 is 10.6 Å². The van der Waals surface area contributed by atoms with E-state index in [1.807, 2.05) is 6.92 Å². The van der Waals surface area contributed by atoms with Gasteiger partial charge in [-0.15, -0.1) is 0 Å². The van der Waals surface area contributed by atoms with Crippen molar-refractivity contribution in [3.8, 4) is 0 Å². The molecule has 2 unspecified atom stereocenters. The molecule has 16 heavy (non-hydrogen) atoms. The van der Waals surface area contributed by atoms with Crippen molar-refractivity contribution in [3.63, 3.8) is 0 Å². The van der Waals surface area contributed by atoms with Gasteiger partial charge in [0, 0.05) is 12.6 Å². The molecule has 0 aromatic heterocycles. The summed E-state index contributed by atoms with van der Waals surface area (Å²) in [6, 6.07) is 0.610. The molecule has 0 bridgehead atoms. The van der Waals surface area contributed by atoms with Crippen LogP contribution in [-0.2, 0) is 9.53 Å². The molecule has 2 rings (SSSR count). The first-order chi connectivity index (χ1) is 7.75. The molecule has 2 aliphatic heterocycles. The number of hydrogen-bond donors (Lipinski definition) is 2. The fourth-order valence-corrected chi connectivity index (χ4v) is 2.52. The molecular weight excluding hydrogens is 204 g/mol. The molecule has 1 amide bonds. The lowest BCUT2D eigenvalue weighted by atomic mass is 10.1. The molecule has 0 saturated carbocycles. The quantitative estimate of drug-likeness (QED) is 0.741. The zero-order chi connectivity index (χ0) is 11.4. The van der Waals surface area contributed by atoms with Gasteiger partial charge in [-0.25, -0.2) is 0 Å². The molecule has 2 saturated heterocycles. The van der Waals surface area contributed by atoms with Crippen molar-refractivity contribution in [3.05, 3.63) is 0 Å². The van der Waals surface area contributed by atoms with Crippen LogP contribution >= 0.6 is 0 Å². The van der Waals surface area contributed by atoms with E-state index >= 15 is 0 Å². The predicted molar refractivity (Wildman–Crippen MR) is 62.2 cm³/mol. The first-order valence-electron chi connectivity index (χ1n) is 6.38. The molecule has 2 N–H and O–H groups in total. The van der Waals surface area contributed by atoms with E-state index in [0.29, 0.717) is 12.6 Å². The van der Waals surface area contributed by atoms with Crippen LogP contribution in [0.2, 0.25) is 0 Å². The standard InChI is InChI=1S/C12H22N2O2/c1-9-7-10(8-16-9)12(15)14-6-4-11-3-2-5-13-11/h9-11,13H,2-8H2,1H3,(H,14,15)/t9?,10?,11-/m0/s1. The minimum absolute atomic E-state index is 0.0755. The van der Waals surface area contributed by atoms with Crippen molar-refractivity contribution in [2.24, 2.45) is 5.92 Å². The van der Waals surface area contributed by atoms with E-state index in [4.69, 9.17) is 4.74 Å². The van der Waals surface area contributed by atoms with E-state index in [9.17, 15) is 4.79 Å². The number of rotatable bonds is 4. The number of carbonyl (C=O) groups is 1. The molecule has 0 aromatic carbocycles. The molecule has 2 aliphatic rings. The second kappa shape index (κ2) is 5.64. The highest BCUT2D eigenvalue weighted by Crippen LogP contribution is 2.18. The fourth-order valence-electron chi connectivity index (χ4n) is 2.52. The molecule has 4 heteroatoms. The smallest absolute Gasteiger partial charge is 0.225 e. The predicted octanol–water partition coefficient (Wildman–Crippen LogP) is 0.670. The topological polar surface area (TPSA) is 50.4 Å². The Morgan fingerprint density at radius 1 is 1.56 bits per heavy atom.